The van der Waals surface area contributed by atoms with Crippen LogP contribution in [0, 0.1) is 5.41 Å². The maximum Gasteiger partial charge on any atom is 0.411 e. The van der Waals surface area contributed by atoms with Crippen LogP contribution in [0.3, 0.4) is 0 Å². The molecule has 6 heteroatoms. The lowest BCUT2D eigenvalue weighted by molar-refractivity contribution is -0.152. The Balaban J connectivity index is 2.51. The Kier molecular flexibility index (Phi) is 5.18. The van der Waals surface area contributed by atoms with Crippen LogP contribution in [0.4, 0.5) is 10.5 Å². The Morgan fingerprint density at radius 3 is 2.63 bits per heavy atom. The van der Waals surface area contributed by atoms with Crippen molar-refractivity contribution in [1.82, 2.24) is 0 Å². The Hall–Kier alpha value is -1.75. The first-order chi connectivity index (χ1) is 8.85. The van der Waals surface area contributed by atoms with Crippen LogP contribution in [-0.2, 0) is 14.3 Å². The summed E-state index contributed by atoms with van der Waals surface area (Å²) in [5, 5.41) is 3.02. The minimum absolute atomic E-state index is 0.0773. The average Bonchev–Trinajstić information content (AvgIpc) is 2.35. The predicted molar refractivity (Wildman–Crippen MR) is 72.2 cm³/mol. The van der Waals surface area contributed by atoms with Gasteiger partial charge in [0.15, 0.2) is 0 Å². The number of benzene rings is 1. The maximum absolute atomic E-state index is 11.6. The van der Waals surface area contributed by atoms with Crippen LogP contribution in [-0.4, -0.2) is 25.8 Å². The molecule has 0 spiro atoms. The summed E-state index contributed by atoms with van der Waals surface area (Å²) in [6.07, 6.45) is -0.653. The van der Waals surface area contributed by atoms with Crippen molar-refractivity contribution in [2.24, 2.45) is 5.41 Å². The fraction of sp³-hybridized carbons (Fsp3) is 0.385. The molecule has 1 rings (SSSR count). The summed E-state index contributed by atoms with van der Waals surface area (Å²) < 4.78 is 9.59. The van der Waals surface area contributed by atoms with Crippen molar-refractivity contribution in [2.75, 3.05) is 19.0 Å². The van der Waals surface area contributed by atoms with Gasteiger partial charge >= 0.3 is 12.1 Å². The van der Waals surface area contributed by atoms with Crippen LogP contribution in [0.1, 0.15) is 13.8 Å². The van der Waals surface area contributed by atoms with Gasteiger partial charge < -0.3 is 9.47 Å². The van der Waals surface area contributed by atoms with E-state index in [9.17, 15) is 9.59 Å². The fourth-order valence-electron chi connectivity index (χ4n) is 1.30. The third-order valence-corrected chi connectivity index (χ3v) is 2.61. The molecular weight excluding hydrogens is 270 g/mol. The second-order valence-corrected chi connectivity index (χ2v) is 5.02. The van der Waals surface area contributed by atoms with Crippen molar-refractivity contribution in [3.05, 3.63) is 29.3 Å². The maximum atomic E-state index is 11.6. The van der Waals surface area contributed by atoms with Crippen LogP contribution in [0.25, 0.3) is 0 Å². The van der Waals surface area contributed by atoms with Crippen LogP contribution in [0.2, 0.25) is 5.02 Å². The van der Waals surface area contributed by atoms with E-state index in [-0.39, 0.29) is 6.61 Å². The molecule has 0 fully saturated rings. The average molecular weight is 286 g/mol. The molecule has 1 N–H and O–H groups in total. The third-order valence-electron chi connectivity index (χ3n) is 2.37. The van der Waals surface area contributed by atoms with Gasteiger partial charge in [0.25, 0.3) is 0 Å². The molecule has 0 aromatic heterocycles. The van der Waals surface area contributed by atoms with Crippen LogP contribution in [0.15, 0.2) is 24.3 Å². The SMILES string of the molecule is COC(=O)C(C)(C)COC(=O)Nc1cccc(Cl)c1. The summed E-state index contributed by atoms with van der Waals surface area (Å²) in [7, 11) is 1.29. The van der Waals surface area contributed by atoms with E-state index in [1.54, 1.807) is 38.1 Å². The van der Waals surface area contributed by atoms with Crippen LogP contribution in [0.5, 0.6) is 0 Å². The highest BCUT2D eigenvalue weighted by Crippen LogP contribution is 2.18. The molecule has 19 heavy (non-hydrogen) atoms. The monoisotopic (exact) mass is 285 g/mol. The van der Waals surface area contributed by atoms with Gasteiger partial charge in [-0.25, -0.2) is 4.79 Å². The molecule has 0 bridgehead atoms. The number of carbonyl (C=O) groups excluding carboxylic acids is 2. The summed E-state index contributed by atoms with van der Waals surface area (Å²) in [6.45, 7) is 3.18. The van der Waals surface area contributed by atoms with Crippen LogP contribution >= 0.6 is 11.6 Å². The minimum atomic E-state index is -0.888. The van der Waals surface area contributed by atoms with Crippen molar-refractivity contribution >= 4 is 29.4 Å². The number of methoxy groups -OCH3 is 1. The van der Waals surface area contributed by atoms with E-state index < -0.39 is 17.5 Å². The first-order valence-electron chi connectivity index (χ1n) is 5.63. The summed E-state index contributed by atoms with van der Waals surface area (Å²) in [4.78, 5) is 23.0. The van der Waals surface area contributed by atoms with Crippen molar-refractivity contribution < 1.29 is 19.1 Å². The number of nitrogens with one attached hydrogen (secondary N) is 1. The number of anilines is 1. The molecule has 0 unspecified atom stereocenters. The fourth-order valence-corrected chi connectivity index (χ4v) is 1.49. The Morgan fingerprint density at radius 1 is 1.37 bits per heavy atom. The largest absolute Gasteiger partial charge is 0.469 e. The van der Waals surface area contributed by atoms with Crippen molar-refractivity contribution in [3.63, 3.8) is 0 Å². The molecule has 104 valence electrons. The summed E-state index contributed by atoms with van der Waals surface area (Å²) >= 11 is 5.79. The van der Waals surface area contributed by atoms with E-state index in [1.165, 1.54) is 7.11 Å². The molecule has 0 saturated carbocycles. The van der Waals surface area contributed by atoms with Crippen molar-refractivity contribution in [3.8, 4) is 0 Å². The number of carbonyl (C=O) groups is 2. The molecule has 0 saturated heterocycles. The number of amides is 1. The Morgan fingerprint density at radius 2 is 2.05 bits per heavy atom. The highest BCUT2D eigenvalue weighted by molar-refractivity contribution is 6.30. The van der Waals surface area contributed by atoms with E-state index >= 15 is 0 Å². The highest BCUT2D eigenvalue weighted by atomic mass is 35.5. The Bertz CT molecular complexity index is 473. The van der Waals surface area contributed by atoms with Crippen molar-refractivity contribution in [1.29, 1.82) is 0 Å². The smallest absolute Gasteiger partial charge is 0.411 e. The predicted octanol–water partition coefficient (Wildman–Crippen LogP) is 3.09. The van der Waals surface area contributed by atoms with Gasteiger partial charge in [-0.3, -0.25) is 10.1 Å². The first-order valence-corrected chi connectivity index (χ1v) is 6.01. The molecule has 0 aliphatic rings. The molecule has 0 heterocycles. The normalized spacial score (nSPS) is 10.7. The first kappa shape index (κ1) is 15.3. The van der Waals surface area contributed by atoms with Gasteiger partial charge in [-0.15, -0.1) is 0 Å². The summed E-state index contributed by atoms with van der Waals surface area (Å²) in [6, 6.07) is 6.67. The topological polar surface area (TPSA) is 64.6 Å². The van der Waals surface area contributed by atoms with Gasteiger partial charge in [0.2, 0.25) is 0 Å². The zero-order valence-corrected chi connectivity index (χ0v) is 11.8. The van der Waals surface area contributed by atoms with Gasteiger partial charge in [0.05, 0.1) is 12.5 Å². The van der Waals surface area contributed by atoms with Crippen LogP contribution < -0.4 is 5.32 Å². The number of ether oxygens (including phenoxy) is 2. The van der Waals surface area contributed by atoms with Gasteiger partial charge in [-0.1, -0.05) is 17.7 Å². The van der Waals surface area contributed by atoms with Gasteiger partial charge in [-0.05, 0) is 32.0 Å². The molecular formula is C13H16ClNO4. The number of hydrogen-bond donors (Lipinski definition) is 1. The summed E-state index contributed by atoms with van der Waals surface area (Å²) in [5.41, 5.74) is -0.367. The van der Waals surface area contributed by atoms with Crippen molar-refractivity contribution in [2.45, 2.75) is 13.8 Å². The van der Waals surface area contributed by atoms with Gasteiger partial charge in [0.1, 0.15) is 6.61 Å². The molecule has 0 atom stereocenters. The zero-order valence-electron chi connectivity index (χ0n) is 11.0. The standard InChI is InChI=1S/C13H16ClNO4/c1-13(2,11(16)18-3)8-19-12(17)15-10-6-4-5-9(14)7-10/h4-7H,8H2,1-3H3,(H,15,17). The van der Waals surface area contributed by atoms with Gasteiger partial charge in [0, 0.05) is 10.7 Å². The Labute approximate surface area is 116 Å². The minimum Gasteiger partial charge on any atom is -0.469 e. The summed E-state index contributed by atoms with van der Waals surface area (Å²) in [5.74, 6) is -0.442. The van der Waals surface area contributed by atoms with Gasteiger partial charge in [-0.2, -0.15) is 0 Å². The zero-order chi connectivity index (χ0) is 14.5. The third kappa shape index (κ3) is 4.79. The molecule has 0 aliphatic heterocycles. The molecule has 5 nitrogen and oxygen atoms in total. The number of esters is 1. The molecule has 1 aromatic rings. The molecule has 1 amide bonds. The second-order valence-electron chi connectivity index (χ2n) is 4.59. The van der Waals surface area contributed by atoms with E-state index in [0.717, 1.165) is 0 Å². The molecule has 0 aliphatic carbocycles. The molecule has 0 radical (unpaired) electrons. The number of halogens is 1. The van der Waals surface area contributed by atoms with E-state index in [4.69, 9.17) is 16.3 Å². The number of rotatable bonds is 4. The van der Waals surface area contributed by atoms with E-state index in [1.807, 2.05) is 0 Å². The second kappa shape index (κ2) is 6.43. The number of hydrogen-bond acceptors (Lipinski definition) is 4. The lowest BCUT2D eigenvalue weighted by Crippen LogP contribution is -2.32. The quantitative estimate of drug-likeness (QED) is 0.864. The lowest BCUT2D eigenvalue weighted by atomic mass is 9.95. The van der Waals surface area contributed by atoms with E-state index in [2.05, 4.69) is 10.1 Å². The highest BCUT2D eigenvalue weighted by Gasteiger charge is 2.30. The lowest BCUT2D eigenvalue weighted by Gasteiger charge is -2.20. The van der Waals surface area contributed by atoms with E-state index in [0.29, 0.717) is 10.7 Å². The molecule has 1 aromatic carbocycles.